The van der Waals surface area contributed by atoms with E-state index in [1.54, 1.807) is 30.9 Å². The summed E-state index contributed by atoms with van der Waals surface area (Å²) in [6.45, 7) is 0. The minimum atomic E-state index is -0.673. The zero-order valence-electron chi connectivity index (χ0n) is 22.6. The van der Waals surface area contributed by atoms with Gasteiger partial charge in [-0.15, -0.1) is 0 Å². The van der Waals surface area contributed by atoms with E-state index in [1.807, 2.05) is 66.7 Å². The van der Waals surface area contributed by atoms with Crippen molar-refractivity contribution in [2.24, 2.45) is 0 Å². The molecule has 1 aliphatic rings. The van der Waals surface area contributed by atoms with Crippen molar-refractivity contribution in [3.63, 3.8) is 0 Å². The Morgan fingerprint density at radius 3 is 1.40 bits per heavy atom. The minimum Gasteiger partial charge on any atom is -0.354 e. The van der Waals surface area contributed by atoms with Crippen LogP contribution in [0.4, 0.5) is 8.78 Å². The van der Waals surface area contributed by atoms with Gasteiger partial charge in [0.05, 0.1) is 28.0 Å². The molecule has 0 amide bonds. The van der Waals surface area contributed by atoms with E-state index < -0.39 is 11.6 Å². The van der Waals surface area contributed by atoms with Crippen molar-refractivity contribution in [3.05, 3.63) is 127 Å². The molecule has 0 atom stereocenters. The van der Waals surface area contributed by atoms with Gasteiger partial charge < -0.3 is 15.0 Å². The molecule has 3 N–H and O–H groups in total. The van der Waals surface area contributed by atoms with Crippen LogP contribution in [-0.4, -0.2) is 29.9 Å². The molecule has 0 radical (unpaired) electrons. The summed E-state index contributed by atoms with van der Waals surface area (Å²) in [5.74, 6) is -1.35. The molecule has 0 saturated carbocycles. The van der Waals surface area contributed by atoms with Gasteiger partial charge in [-0.1, -0.05) is 6.07 Å². The summed E-state index contributed by atoms with van der Waals surface area (Å²) >= 11 is 0. The Kier molecular flexibility index (Phi) is 5.72. The number of H-pyrrole nitrogens is 3. The monoisotopic (exact) mass is 564 g/mol. The largest absolute Gasteiger partial charge is 0.354 e. The third-order valence-corrected chi connectivity index (χ3v) is 7.73. The molecule has 0 saturated heterocycles. The highest BCUT2D eigenvalue weighted by atomic mass is 19.1. The molecule has 206 valence electrons. The summed E-state index contributed by atoms with van der Waals surface area (Å²) < 4.78 is 30.9. The molecule has 6 nitrogen and oxygen atoms in total. The van der Waals surface area contributed by atoms with Crippen LogP contribution in [0.15, 0.2) is 104 Å². The number of aromatic nitrogens is 6. The van der Waals surface area contributed by atoms with E-state index in [4.69, 9.17) is 4.98 Å². The molecule has 1 aliphatic heterocycles. The topological polar surface area (TPSA) is 86.0 Å². The lowest BCUT2D eigenvalue weighted by molar-refractivity contribution is 0.589. The molecule has 0 fully saturated rings. The number of hydrogen-bond acceptors (Lipinski definition) is 3. The smallest absolute Gasteiger partial charge is 0.134 e. The van der Waals surface area contributed by atoms with Crippen molar-refractivity contribution in [3.8, 4) is 33.4 Å². The van der Waals surface area contributed by atoms with Gasteiger partial charge in [-0.2, -0.15) is 0 Å². The molecule has 43 heavy (non-hydrogen) atoms. The summed E-state index contributed by atoms with van der Waals surface area (Å²) in [7, 11) is 0. The van der Waals surface area contributed by atoms with Gasteiger partial charge in [-0.05, 0) is 96.1 Å². The second-order valence-corrected chi connectivity index (χ2v) is 10.3. The van der Waals surface area contributed by atoms with Crippen molar-refractivity contribution in [2.45, 2.75) is 0 Å². The Bertz CT molecular complexity index is 2290. The Morgan fingerprint density at radius 2 is 0.837 bits per heavy atom. The number of hydrogen-bond donors (Lipinski definition) is 3. The van der Waals surface area contributed by atoms with Crippen molar-refractivity contribution in [1.29, 1.82) is 0 Å². The van der Waals surface area contributed by atoms with E-state index in [9.17, 15) is 0 Å². The highest BCUT2D eigenvalue weighted by Gasteiger charge is 2.20. The van der Waals surface area contributed by atoms with E-state index in [0.717, 1.165) is 49.8 Å². The predicted molar refractivity (Wildman–Crippen MR) is 167 cm³/mol. The summed E-state index contributed by atoms with van der Waals surface area (Å²) in [5, 5.41) is 0. The van der Waals surface area contributed by atoms with Gasteiger partial charge in [-0.3, -0.25) is 9.97 Å². The van der Waals surface area contributed by atoms with Crippen LogP contribution in [0.5, 0.6) is 0 Å². The summed E-state index contributed by atoms with van der Waals surface area (Å²) in [6, 6.07) is 23.4. The fourth-order valence-electron chi connectivity index (χ4n) is 5.80. The van der Waals surface area contributed by atoms with Crippen LogP contribution in [0.1, 0.15) is 11.4 Å². The first-order valence-corrected chi connectivity index (χ1v) is 13.7. The van der Waals surface area contributed by atoms with E-state index in [-0.39, 0.29) is 5.56 Å². The van der Waals surface area contributed by atoms with Gasteiger partial charge in [-0.25, -0.2) is 13.8 Å². The maximum atomic E-state index is 15.4. The Morgan fingerprint density at radius 1 is 0.419 bits per heavy atom. The Hall–Kier alpha value is -5.89. The van der Waals surface area contributed by atoms with Crippen molar-refractivity contribution in [1.82, 2.24) is 29.9 Å². The first-order chi connectivity index (χ1) is 21.1. The highest BCUT2D eigenvalue weighted by molar-refractivity contribution is 5.99. The molecule has 8 bridgehead atoms. The van der Waals surface area contributed by atoms with E-state index >= 15 is 8.78 Å². The van der Waals surface area contributed by atoms with Crippen molar-refractivity contribution < 1.29 is 8.78 Å². The van der Waals surface area contributed by atoms with Crippen LogP contribution < -0.4 is 0 Å². The molecule has 8 heteroatoms. The number of halogens is 2. The van der Waals surface area contributed by atoms with Gasteiger partial charge in [0, 0.05) is 63.5 Å². The molecule has 0 aliphatic carbocycles. The number of rotatable bonds is 3. The van der Waals surface area contributed by atoms with Crippen molar-refractivity contribution in [2.75, 3.05) is 0 Å². The third kappa shape index (κ3) is 4.19. The average Bonchev–Trinajstić information content (AvgIpc) is 3.85. The van der Waals surface area contributed by atoms with Crippen molar-refractivity contribution >= 4 is 45.3 Å². The Balaban J connectivity index is 1.59. The molecule has 8 rings (SSSR count). The van der Waals surface area contributed by atoms with E-state index in [2.05, 4.69) is 24.9 Å². The Labute approximate surface area is 243 Å². The second kappa shape index (κ2) is 9.88. The average molecular weight is 565 g/mol. The van der Waals surface area contributed by atoms with E-state index in [1.165, 1.54) is 18.2 Å². The van der Waals surface area contributed by atoms with Gasteiger partial charge in [0.2, 0.25) is 0 Å². The molecular formula is C35H22F2N6. The molecule has 0 spiro atoms. The van der Waals surface area contributed by atoms with Crippen LogP contribution in [0, 0.1) is 11.6 Å². The van der Waals surface area contributed by atoms with Crippen LogP contribution in [0.2, 0.25) is 0 Å². The maximum Gasteiger partial charge on any atom is 0.134 e. The fraction of sp³-hybridized carbons (Fsp3) is 0. The summed E-state index contributed by atoms with van der Waals surface area (Å²) in [4.78, 5) is 24.0. The molecular weight excluding hydrogens is 542 g/mol. The highest BCUT2D eigenvalue weighted by Crippen LogP contribution is 2.37. The minimum absolute atomic E-state index is 0.148. The summed E-state index contributed by atoms with van der Waals surface area (Å²) in [5.41, 5.74) is 9.63. The molecule has 1 aromatic carbocycles. The quantitative estimate of drug-likeness (QED) is 0.201. The van der Waals surface area contributed by atoms with Crippen LogP contribution in [0.3, 0.4) is 0 Å². The first kappa shape index (κ1) is 24.9. The number of fused-ring (bicyclic) bond motifs is 9. The molecule has 0 unspecified atom stereocenters. The predicted octanol–water partition coefficient (Wildman–Crippen LogP) is 8.77. The molecule has 7 heterocycles. The summed E-state index contributed by atoms with van der Waals surface area (Å²) in [6.07, 6.45) is 10.6. The van der Waals surface area contributed by atoms with Gasteiger partial charge in [0.1, 0.15) is 11.6 Å². The zero-order chi connectivity index (χ0) is 28.9. The first-order valence-electron chi connectivity index (χ1n) is 13.7. The number of pyridine rings is 2. The zero-order valence-corrected chi connectivity index (χ0v) is 22.6. The second-order valence-electron chi connectivity index (χ2n) is 10.3. The van der Waals surface area contributed by atoms with E-state index in [0.29, 0.717) is 22.5 Å². The lowest BCUT2D eigenvalue weighted by atomic mass is 10.0. The maximum absolute atomic E-state index is 15.4. The molecule has 6 aromatic heterocycles. The van der Waals surface area contributed by atoms with Gasteiger partial charge in [0.15, 0.2) is 0 Å². The lowest BCUT2D eigenvalue weighted by Crippen LogP contribution is -1.93. The standard InChI is InChI=1S/C35H22F2N6/c36-22-2-1-3-23(37)34(22)35-30-10-8-28(42-30)32(20-12-16-38-17-13-20)26-6-4-24(40-26)25-5-7-27(41-25)33(21-14-18-39-19-15-21)29-9-11-31(35)43-29/h1-19,40-42H. The normalized spacial score (nSPS) is 11.9. The fourth-order valence-corrected chi connectivity index (χ4v) is 5.80. The number of nitrogens with one attached hydrogen (secondary N) is 3. The van der Waals surface area contributed by atoms with Crippen LogP contribution >= 0.6 is 0 Å². The SMILES string of the molecule is Fc1cccc(F)c1-c1c2nc(c(-c3ccncc3)c3ccc([nH]3)c3ccc([nH]3)c(-c3ccncc3)c3ccc1[nH]3)C=C2. The number of aromatic amines is 3. The number of nitrogens with zero attached hydrogens (tertiary/aromatic N) is 3. The van der Waals surface area contributed by atoms with Crippen LogP contribution in [0.25, 0.3) is 78.6 Å². The molecule has 7 aromatic rings. The van der Waals surface area contributed by atoms with Crippen LogP contribution in [-0.2, 0) is 0 Å². The van der Waals surface area contributed by atoms with Gasteiger partial charge in [0.25, 0.3) is 0 Å². The third-order valence-electron chi connectivity index (χ3n) is 7.73. The lowest BCUT2D eigenvalue weighted by Gasteiger charge is -2.07. The van der Waals surface area contributed by atoms with Gasteiger partial charge >= 0.3 is 0 Å². The number of benzene rings is 1.